The highest BCUT2D eigenvalue weighted by molar-refractivity contribution is 7.86. The van der Waals surface area contributed by atoms with Gasteiger partial charge in [0.2, 0.25) is 5.69 Å². The fourth-order valence-corrected chi connectivity index (χ4v) is 12.3. The third kappa shape index (κ3) is 12.1. The van der Waals surface area contributed by atoms with Gasteiger partial charge in [-0.3, -0.25) is 18.5 Å². The Morgan fingerprint density at radius 1 is 0.690 bits per heavy atom. The van der Waals surface area contributed by atoms with E-state index in [-0.39, 0.29) is 16.2 Å². The number of nitrogens with zero attached hydrogens (tertiary/aromatic N) is 2. The number of rotatable bonds is 23. The van der Waals surface area contributed by atoms with E-state index in [0.717, 1.165) is 76.8 Å². The normalized spacial score (nSPS) is 19.8. The van der Waals surface area contributed by atoms with Crippen molar-refractivity contribution in [1.29, 1.82) is 0 Å². The molecule has 0 aliphatic carbocycles. The molecule has 2 aliphatic rings. The minimum Gasteiger partial charge on any atom is -0.468 e. The van der Waals surface area contributed by atoms with Gasteiger partial charge in [-0.15, -0.1) is 0 Å². The zero-order chi connectivity index (χ0) is 52.3. The van der Waals surface area contributed by atoms with Crippen molar-refractivity contribution in [2.75, 3.05) is 24.6 Å². The molecule has 0 saturated heterocycles. The van der Waals surface area contributed by atoms with Crippen LogP contribution in [0.2, 0.25) is 0 Å². The molecule has 0 aromatic heterocycles. The topological polar surface area (TPSA) is 196 Å². The Labute approximate surface area is 421 Å². The monoisotopic (exact) mass is 1030 g/mol. The molecule has 4 aromatic rings. The highest BCUT2D eigenvalue weighted by Crippen LogP contribution is 2.54. The Morgan fingerprint density at radius 2 is 1.34 bits per heavy atom. The molecule has 13 nitrogen and oxygen atoms in total. The molecule has 0 radical (unpaired) electrons. The van der Waals surface area contributed by atoms with Crippen molar-refractivity contribution in [3.63, 3.8) is 0 Å². The van der Waals surface area contributed by atoms with E-state index in [2.05, 4.69) is 50.2 Å². The van der Waals surface area contributed by atoms with Crippen molar-refractivity contribution in [3.05, 3.63) is 119 Å². The minimum absolute atomic E-state index is 0.118. The van der Waals surface area contributed by atoms with Gasteiger partial charge in [0.05, 0.1) is 22.2 Å². The maximum atomic E-state index is 12.7. The second kappa shape index (κ2) is 22.0. The number of allylic oxidation sites excluding steroid dienone is 8. The fraction of sp³-hybridized carbons (Fsp3) is 0.455. The van der Waals surface area contributed by atoms with E-state index < -0.39 is 46.4 Å². The Kier molecular flexibility index (Phi) is 17.2. The Balaban J connectivity index is 1.44. The molecular formula is C55H71N2O11S3+. The van der Waals surface area contributed by atoms with Crippen LogP contribution in [0.25, 0.3) is 21.5 Å². The Hall–Kier alpha value is -4.97. The predicted octanol–water partition coefficient (Wildman–Crippen LogP) is 11.7. The number of unbranched alkanes of at least 4 members (excludes halogenated alkanes) is 2. The van der Waals surface area contributed by atoms with Crippen molar-refractivity contribution in [2.45, 2.75) is 140 Å². The first-order valence-corrected chi connectivity index (χ1v) is 28.9. The van der Waals surface area contributed by atoms with Crippen LogP contribution in [0, 0.1) is 25.7 Å². The van der Waals surface area contributed by atoms with E-state index in [9.17, 15) is 43.7 Å². The van der Waals surface area contributed by atoms with E-state index in [0.29, 0.717) is 72.7 Å². The molecule has 384 valence electrons. The van der Waals surface area contributed by atoms with Crippen LogP contribution in [0.1, 0.15) is 122 Å². The number of fused-ring (bicyclic) bond motifs is 6. The van der Waals surface area contributed by atoms with E-state index >= 15 is 0 Å². The average Bonchev–Trinajstić information content (AvgIpc) is 3.67. The second-order valence-corrected chi connectivity index (χ2v) is 25.2. The maximum Gasteiger partial charge on any atom is 0.295 e. The number of ether oxygens (including phenoxy) is 1. The van der Waals surface area contributed by atoms with Crippen LogP contribution in [-0.2, 0) is 50.7 Å². The quantitative estimate of drug-likeness (QED) is 0.0209. The first-order chi connectivity index (χ1) is 33.2. The van der Waals surface area contributed by atoms with Gasteiger partial charge >= 0.3 is 0 Å². The van der Waals surface area contributed by atoms with E-state index in [4.69, 9.17) is 4.74 Å². The van der Waals surface area contributed by atoms with Gasteiger partial charge in [-0.25, -0.2) is 0 Å². The Bertz CT molecular complexity index is 3190. The minimum atomic E-state index is -4.56. The summed E-state index contributed by atoms with van der Waals surface area (Å²) in [5.41, 5.74) is 5.56. The zero-order valence-corrected chi connectivity index (χ0v) is 44.9. The molecule has 0 saturated carbocycles. The van der Waals surface area contributed by atoms with Crippen molar-refractivity contribution in [2.24, 2.45) is 11.8 Å². The summed E-state index contributed by atoms with van der Waals surface area (Å²) in [5.74, 6) is 0.731. The van der Waals surface area contributed by atoms with Crippen molar-refractivity contribution in [3.8, 4) is 0 Å². The van der Waals surface area contributed by atoms with Gasteiger partial charge in [-0.1, -0.05) is 70.2 Å². The van der Waals surface area contributed by atoms with Crippen LogP contribution in [-0.4, -0.2) is 80.6 Å². The predicted molar refractivity (Wildman–Crippen MR) is 284 cm³/mol. The average molecular weight is 1030 g/mol. The molecule has 2 aliphatic heterocycles. The summed E-state index contributed by atoms with van der Waals surface area (Å²) in [7, 11) is -13.4. The summed E-state index contributed by atoms with van der Waals surface area (Å²) in [6.45, 7) is 20.1. The maximum absolute atomic E-state index is 12.7. The van der Waals surface area contributed by atoms with Crippen LogP contribution >= 0.6 is 0 Å². The number of aryl methyl sites for hydroxylation is 2. The van der Waals surface area contributed by atoms with Gasteiger partial charge in [0, 0.05) is 52.9 Å². The molecule has 3 N–H and O–H groups in total. The van der Waals surface area contributed by atoms with Gasteiger partial charge in [0.1, 0.15) is 11.4 Å². The highest BCUT2D eigenvalue weighted by Gasteiger charge is 2.49. The van der Waals surface area contributed by atoms with Gasteiger partial charge in [-0.05, 0) is 161 Å². The molecule has 0 bridgehead atoms. The van der Waals surface area contributed by atoms with Gasteiger partial charge in [-0.2, -0.15) is 29.8 Å². The molecule has 71 heavy (non-hydrogen) atoms. The van der Waals surface area contributed by atoms with Crippen molar-refractivity contribution in [1.82, 2.24) is 0 Å². The summed E-state index contributed by atoms with van der Waals surface area (Å²) in [6, 6.07) is 14.2. The van der Waals surface area contributed by atoms with Gasteiger partial charge in [0.25, 0.3) is 36.8 Å². The van der Waals surface area contributed by atoms with Crippen molar-refractivity contribution < 1.29 is 53.0 Å². The smallest absolute Gasteiger partial charge is 0.295 e. The standard InChI is InChI=1S/C55H70N2O11S3/c1-37(2)24-27-54(8)50(56(29-16-13-17-31-68-36-58)47-23-21-44-45(52(47)54)32-39(5)33-49(44)71(65,66)67)18-14-11-10-12-15-19-51-55(9,28-25-41(7)69(59,60)61)53-46-35-42(70(62,63)64)34-40(6)43(46)20-22-48(53)57(51)30-26-38(3)4/h10-12,14-15,18-23,32-38,41H,13,16-17,24-31H2,1-9H3,(H2-,59,60,61,62,63,64,65,66,67)/p+1. The lowest BCUT2D eigenvalue weighted by atomic mass is 9.73. The summed E-state index contributed by atoms with van der Waals surface area (Å²) in [6.07, 6.45) is 19.1. The lowest BCUT2D eigenvalue weighted by Crippen LogP contribution is -2.32. The zero-order valence-electron chi connectivity index (χ0n) is 42.5. The molecule has 3 unspecified atom stereocenters. The van der Waals surface area contributed by atoms with E-state index in [1.807, 2.05) is 74.6 Å². The molecule has 0 amide bonds. The summed E-state index contributed by atoms with van der Waals surface area (Å²) >= 11 is 0. The lowest BCUT2D eigenvalue weighted by molar-refractivity contribution is -0.438. The molecule has 3 atom stereocenters. The fourth-order valence-electron chi connectivity index (χ4n) is 10.5. The molecule has 6 rings (SSSR count). The first-order valence-electron chi connectivity index (χ1n) is 24.5. The number of hydrogen-bond acceptors (Lipinski definition) is 9. The number of hydrogen-bond donors (Lipinski definition) is 3. The van der Waals surface area contributed by atoms with Crippen LogP contribution in [0.5, 0.6) is 0 Å². The summed E-state index contributed by atoms with van der Waals surface area (Å²) in [5, 5.41) is 1.62. The largest absolute Gasteiger partial charge is 0.468 e. The van der Waals surface area contributed by atoms with E-state index in [1.54, 1.807) is 13.0 Å². The summed E-state index contributed by atoms with van der Waals surface area (Å²) in [4.78, 5) is 12.7. The number of anilines is 1. The SMILES string of the molecule is Cc1cc(S(=O)(=O)O)c2ccc3c(c2c1)C(C)(CCC(C)C)C(/C=C/C=C/C=C/C=C1/N(CCC(C)C)c2ccc4c(C)cc(S(=O)(=O)O)cc4c2C1(C)CCC(C)S(=O)(=O)O)=[N+]3CCCCCOC=O. The third-order valence-corrected chi connectivity index (χ3v) is 17.3. The third-order valence-electron chi connectivity index (χ3n) is 14.4. The van der Waals surface area contributed by atoms with Crippen LogP contribution in [0.15, 0.2) is 107 Å². The Morgan fingerprint density at radius 3 is 1.99 bits per heavy atom. The van der Waals surface area contributed by atoms with Crippen LogP contribution < -0.4 is 4.90 Å². The van der Waals surface area contributed by atoms with E-state index in [1.165, 1.54) is 25.1 Å². The first kappa shape index (κ1) is 55.3. The van der Waals surface area contributed by atoms with Crippen molar-refractivity contribution >= 4 is 75.5 Å². The molecule has 16 heteroatoms. The highest BCUT2D eigenvalue weighted by atomic mass is 32.2. The van der Waals surface area contributed by atoms with Gasteiger partial charge in [0.15, 0.2) is 5.71 Å². The van der Waals surface area contributed by atoms with Crippen LogP contribution in [0.3, 0.4) is 0 Å². The second-order valence-electron chi connectivity index (χ2n) is 20.6. The number of carbonyl (C=O) groups excluding carboxylic acids is 1. The summed E-state index contributed by atoms with van der Waals surface area (Å²) < 4.78 is 113. The molecular weight excluding hydrogens is 961 g/mol. The van der Waals surface area contributed by atoms with Gasteiger partial charge < -0.3 is 9.64 Å². The lowest BCUT2D eigenvalue weighted by Gasteiger charge is -2.32. The molecule has 2 heterocycles. The number of benzene rings is 4. The molecule has 4 aromatic carbocycles. The molecule has 0 spiro atoms. The number of carbonyl (C=O) groups is 1. The molecule has 0 fully saturated rings. The van der Waals surface area contributed by atoms with Crippen LogP contribution in [0.4, 0.5) is 11.4 Å².